The highest BCUT2D eigenvalue weighted by Crippen LogP contribution is 2.28. The zero-order chi connectivity index (χ0) is 14.4. The van der Waals surface area contributed by atoms with Crippen LogP contribution >= 0.6 is 0 Å². The van der Waals surface area contributed by atoms with E-state index in [0.717, 1.165) is 6.42 Å². The molecule has 2 rings (SSSR count). The first-order valence-corrected chi connectivity index (χ1v) is 10.4. The first kappa shape index (κ1) is 14.8. The van der Waals surface area contributed by atoms with Gasteiger partial charge in [-0.25, -0.2) is 0 Å². The maximum absolute atomic E-state index is 4.10. The molecular formula is C19H24Si. The normalized spacial score (nSPS) is 12.9. The topological polar surface area (TPSA) is 0 Å². The minimum atomic E-state index is -1.48. The van der Waals surface area contributed by atoms with E-state index in [1.165, 1.54) is 17.2 Å². The maximum Gasteiger partial charge on any atom is 0.0873 e. The van der Waals surface area contributed by atoms with Crippen molar-refractivity contribution in [2.75, 3.05) is 0 Å². The zero-order valence-corrected chi connectivity index (χ0v) is 13.5. The first-order valence-electron chi connectivity index (χ1n) is 7.36. The molecule has 1 heteroatoms. The van der Waals surface area contributed by atoms with E-state index in [9.17, 15) is 0 Å². The zero-order valence-electron chi connectivity index (χ0n) is 12.5. The minimum Gasteiger partial charge on any atom is -0.103 e. The molecule has 0 bridgehead atoms. The quantitative estimate of drug-likeness (QED) is 0.527. The predicted octanol–water partition coefficient (Wildman–Crippen LogP) is 4.79. The lowest BCUT2D eigenvalue weighted by atomic mass is 10.1. The highest BCUT2D eigenvalue weighted by atomic mass is 28.3. The summed E-state index contributed by atoms with van der Waals surface area (Å²) in [6.45, 7) is 9.02. The van der Waals surface area contributed by atoms with Gasteiger partial charge in [-0.15, -0.1) is 6.58 Å². The van der Waals surface area contributed by atoms with Gasteiger partial charge in [0.25, 0.3) is 0 Å². The van der Waals surface area contributed by atoms with Crippen molar-refractivity contribution < 1.29 is 0 Å². The van der Waals surface area contributed by atoms with Gasteiger partial charge in [-0.3, -0.25) is 0 Å². The highest BCUT2D eigenvalue weighted by molar-refractivity contribution is 6.91. The average Bonchev–Trinajstić information content (AvgIpc) is 2.49. The van der Waals surface area contributed by atoms with E-state index in [4.69, 9.17) is 0 Å². The summed E-state index contributed by atoms with van der Waals surface area (Å²) < 4.78 is 0. The van der Waals surface area contributed by atoms with Crippen LogP contribution in [0.4, 0.5) is 0 Å². The van der Waals surface area contributed by atoms with Crippen molar-refractivity contribution in [1.29, 1.82) is 0 Å². The van der Waals surface area contributed by atoms with E-state index in [2.05, 4.69) is 86.4 Å². The number of hydrogen-bond acceptors (Lipinski definition) is 0. The average molecular weight is 280 g/mol. The monoisotopic (exact) mass is 280 g/mol. The smallest absolute Gasteiger partial charge is 0.0873 e. The van der Waals surface area contributed by atoms with E-state index < -0.39 is 8.07 Å². The minimum absolute atomic E-state index is 0.616. The number of benzene rings is 2. The summed E-state index contributed by atoms with van der Waals surface area (Å²) in [7, 11) is -1.48. The molecule has 1 atom stereocenters. The van der Waals surface area contributed by atoms with Crippen molar-refractivity contribution in [3.63, 3.8) is 0 Å². The van der Waals surface area contributed by atoms with Crippen LogP contribution in [-0.4, -0.2) is 8.07 Å². The molecule has 0 unspecified atom stereocenters. The van der Waals surface area contributed by atoms with Crippen LogP contribution in [0.5, 0.6) is 0 Å². The van der Waals surface area contributed by atoms with Gasteiger partial charge in [0.05, 0.1) is 8.07 Å². The molecule has 0 aliphatic heterocycles. The summed E-state index contributed by atoms with van der Waals surface area (Å²) in [6.07, 6.45) is 4.52. The van der Waals surface area contributed by atoms with Gasteiger partial charge in [0.2, 0.25) is 0 Å². The summed E-state index contributed by atoms with van der Waals surface area (Å²) in [5.74, 6) is 0. The van der Waals surface area contributed by atoms with Crippen molar-refractivity contribution in [3.8, 4) is 0 Å². The molecule has 0 radical (unpaired) electrons. The number of rotatable bonds is 6. The van der Waals surface area contributed by atoms with Crippen LogP contribution in [0.15, 0.2) is 73.3 Å². The fraction of sp³-hybridized carbons (Fsp3) is 0.263. The van der Waals surface area contributed by atoms with Gasteiger partial charge in [-0.2, -0.15) is 0 Å². The van der Waals surface area contributed by atoms with E-state index in [0.29, 0.717) is 5.54 Å². The Hall–Kier alpha value is -1.60. The third-order valence-electron chi connectivity index (χ3n) is 4.32. The van der Waals surface area contributed by atoms with Gasteiger partial charge in [0.1, 0.15) is 0 Å². The van der Waals surface area contributed by atoms with Gasteiger partial charge in [-0.1, -0.05) is 85.0 Å². The fourth-order valence-corrected chi connectivity index (χ4v) is 5.76. The molecule has 0 aromatic heterocycles. The van der Waals surface area contributed by atoms with Crippen molar-refractivity contribution >= 4 is 13.3 Å². The Morgan fingerprint density at radius 1 is 0.950 bits per heavy atom. The second-order valence-corrected chi connectivity index (χ2v) is 10.7. The fourth-order valence-electron chi connectivity index (χ4n) is 2.82. The third-order valence-corrected chi connectivity index (χ3v) is 8.52. The molecule has 0 fully saturated rings. The molecule has 0 spiro atoms. The van der Waals surface area contributed by atoms with E-state index >= 15 is 0 Å². The standard InChI is InChI=1S/C19H24Si/c1-4-18(16-15-17-11-7-5-8-12-17)20(2,3)19-13-9-6-10-14-19/h4-14,18H,1,15-16H2,2-3H3/t18-/m1/s1. The second-order valence-electron chi connectivity index (χ2n) is 5.95. The van der Waals surface area contributed by atoms with Gasteiger partial charge in [-0.05, 0) is 23.9 Å². The number of allylic oxidation sites excluding steroid dienone is 1. The highest BCUT2D eigenvalue weighted by Gasteiger charge is 2.31. The lowest BCUT2D eigenvalue weighted by Crippen LogP contribution is -2.45. The lowest BCUT2D eigenvalue weighted by molar-refractivity contribution is 0.821. The largest absolute Gasteiger partial charge is 0.103 e. The van der Waals surface area contributed by atoms with Crippen LogP contribution in [-0.2, 0) is 6.42 Å². The molecule has 104 valence electrons. The van der Waals surface area contributed by atoms with E-state index in [-0.39, 0.29) is 0 Å². The van der Waals surface area contributed by atoms with Crippen molar-refractivity contribution in [3.05, 3.63) is 78.9 Å². The summed E-state index contributed by atoms with van der Waals surface area (Å²) in [5, 5.41) is 1.53. The van der Waals surface area contributed by atoms with Crippen LogP contribution in [0, 0.1) is 0 Å². The van der Waals surface area contributed by atoms with Gasteiger partial charge in [0, 0.05) is 0 Å². The van der Waals surface area contributed by atoms with Gasteiger partial charge < -0.3 is 0 Å². The summed E-state index contributed by atoms with van der Waals surface area (Å²) in [4.78, 5) is 0. The molecule has 0 saturated carbocycles. The van der Waals surface area contributed by atoms with Crippen molar-refractivity contribution in [2.45, 2.75) is 31.5 Å². The molecule has 2 aromatic carbocycles. The molecule has 0 heterocycles. The SMILES string of the molecule is C=C[C@H](CCc1ccccc1)[Si](C)(C)c1ccccc1. The predicted molar refractivity (Wildman–Crippen MR) is 92.3 cm³/mol. The van der Waals surface area contributed by atoms with Crippen LogP contribution < -0.4 is 5.19 Å². The van der Waals surface area contributed by atoms with Gasteiger partial charge >= 0.3 is 0 Å². The Morgan fingerprint density at radius 2 is 1.50 bits per heavy atom. The van der Waals surface area contributed by atoms with Crippen molar-refractivity contribution in [1.82, 2.24) is 0 Å². The number of aryl methyl sites for hydroxylation is 1. The second kappa shape index (κ2) is 6.71. The Morgan fingerprint density at radius 3 is 2.05 bits per heavy atom. The van der Waals surface area contributed by atoms with Gasteiger partial charge in [0.15, 0.2) is 0 Å². The molecule has 0 aliphatic rings. The molecule has 0 saturated heterocycles. The Labute approximate surface area is 124 Å². The Bertz CT molecular complexity index is 528. The first-order chi connectivity index (χ1) is 9.64. The molecular weight excluding hydrogens is 256 g/mol. The lowest BCUT2D eigenvalue weighted by Gasteiger charge is -2.31. The molecule has 0 nitrogen and oxygen atoms in total. The Balaban J connectivity index is 2.10. The molecule has 2 aromatic rings. The van der Waals surface area contributed by atoms with E-state index in [1.807, 2.05) is 0 Å². The van der Waals surface area contributed by atoms with Crippen LogP contribution in [0.3, 0.4) is 0 Å². The van der Waals surface area contributed by atoms with Crippen LogP contribution in [0.25, 0.3) is 0 Å². The summed E-state index contributed by atoms with van der Waals surface area (Å²) >= 11 is 0. The molecule has 20 heavy (non-hydrogen) atoms. The molecule has 0 N–H and O–H groups in total. The van der Waals surface area contributed by atoms with E-state index in [1.54, 1.807) is 0 Å². The Kier molecular flexibility index (Phi) is 4.97. The number of hydrogen-bond donors (Lipinski definition) is 0. The van der Waals surface area contributed by atoms with Crippen LogP contribution in [0.1, 0.15) is 12.0 Å². The maximum atomic E-state index is 4.10. The molecule has 0 aliphatic carbocycles. The molecule has 0 amide bonds. The van der Waals surface area contributed by atoms with Crippen molar-refractivity contribution in [2.24, 2.45) is 0 Å². The van der Waals surface area contributed by atoms with Crippen LogP contribution in [0.2, 0.25) is 18.6 Å². The summed E-state index contributed by atoms with van der Waals surface area (Å²) in [5.41, 5.74) is 2.04. The third kappa shape index (κ3) is 3.49. The summed E-state index contributed by atoms with van der Waals surface area (Å²) in [6, 6.07) is 21.7.